The number of imidazole rings is 1. The third-order valence-corrected chi connectivity index (χ3v) is 5.32. The summed E-state index contributed by atoms with van der Waals surface area (Å²) in [6.45, 7) is 5.27. The van der Waals surface area contributed by atoms with Crippen molar-refractivity contribution in [3.05, 3.63) is 54.1 Å². The molecule has 2 amide bonds. The van der Waals surface area contributed by atoms with Gasteiger partial charge < -0.3 is 20.1 Å². The average molecular weight is 485 g/mol. The van der Waals surface area contributed by atoms with Crippen LogP contribution in [0.3, 0.4) is 0 Å². The predicted molar refractivity (Wildman–Crippen MR) is 127 cm³/mol. The lowest BCUT2D eigenvalue weighted by atomic mass is 9.97. The van der Waals surface area contributed by atoms with Crippen LogP contribution in [0.15, 0.2) is 42.9 Å². The fourth-order valence-corrected chi connectivity index (χ4v) is 3.67. The van der Waals surface area contributed by atoms with Gasteiger partial charge in [0.25, 0.3) is 0 Å². The number of hydrogen-bond donors (Lipinski definition) is 2. The van der Waals surface area contributed by atoms with Crippen LogP contribution in [0.25, 0.3) is 0 Å². The molecule has 188 valence electrons. The van der Waals surface area contributed by atoms with Crippen molar-refractivity contribution in [2.45, 2.75) is 77.2 Å². The van der Waals surface area contributed by atoms with Crippen molar-refractivity contribution < 1.29 is 28.7 Å². The highest BCUT2D eigenvalue weighted by Gasteiger charge is 2.32. The molecule has 1 fully saturated rings. The van der Waals surface area contributed by atoms with Crippen molar-refractivity contribution in [2.75, 3.05) is 0 Å². The molecular formula is C25H32N4O6. The minimum atomic E-state index is -1.00. The number of ether oxygens (including phenoxy) is 2. The Morgan fingerprint density at radius 3 is 2.66 bits per heavy atom. The Bertz CT molecular complexity index is 1040. The Labute approximate surface area is 204 Å². The van der Waals surface area contributed by atoms with E-state index in [1.807, 2.05) is 30.3 Å². The molecule has 1 unspecified atom stereocenters. The monoisotopic (exact) mass is 484 g/mol. The number of rotatable bonds is 7. The second kappa shape index (κ2) is 11.6. The Kier molecular flexibility index (Phi) is 8.62. The van der Waals surface area contributed by atoms with E-state index < -0.39 is 29.9 Å². The quantitative estimate of drug-likeness (QED) is 0.618. The van der Waals surface area contributed by atoms with E-state index in [0.29, 0.717) is 25.0 Å². The summed E-state index contributed by atoms with van der Waals surface area (Å²) in [5.41, 5.74) is 0.494. The van der Waals surface area contributed by atoms with Crippen molar-refractivity contribution in [2.24, 2.45) is 0 Å². The Morgan fingerprint density at radius 1 is 1.20 bits per heavy atom. The molecule has 0 bridgehead atoms. The molecule has 1 saturated heterocycles. The molecule has 10 heteroatoms. The van der Waals surface area contributed by atoms with Gasteiger partial charge in [-0.1, -0.05) is 36.8 Å². The van der Waals surface area contributed by atoms with Gasteiger partial charge in [0.2, 0.25) is 5.91 Å². The lowest BCUT2D eigenvalue weighted by Crippen LogP contribution is -2.52. The summed E-state index contributed by atoms with van der Waals surface area (Å²) in [6, 6.07) is 7.54. The molecular weight excluding hydrogens is 452 g/mol. The number of aromatic nitrogens is 2. The van der Waals surface area contributed by atoms with Crippen LogP contribution in [-0.4, -0.2) is 51.1 Å². The number of Topliss-reactive ketones (excluding diaryl/α,β-unsaturated/α-hetero) is 1. The first kappa shape index (κ1) is 25.9. The molecule has 0 aliphatic carbocycles. The van der Waals surface area contributed by atoms with E-state index >= 15 is 0 Å². The first-order valence-electron chi connectivity index (χ1n) is 11.7. The molecule has 2 N–H and O–H groups in total. The summed E-state index contributed by atoms with van der Waals surface area (Å²) >= 11 is 0. The van der Waals surface area contributed by atoms with Crippen LogP contribution < -0.4 is 10.6 Å². The van der Waals surface area contributed by atoms with Crippen molar-refractivity contribution in [3.63, 3.8) is 0 Å². The highest BCUT2D eigenvalue weighted by molar-refractivity contribution is 5.94. The van der Waals surface area contributed by atoms with Gasteiger partial charge in [0.1, 0.15) is 18.5 Å². The molecule has 2 atom stereocenters. The van der Waals surface area contributed by atoms with Crippen molar-refractivity contribution in [1.29, 1.82) is 0 Å². The molecule has 2 heterocycles. The summed E-state index contributed by atoms with van der Waals surface area (Å²) in [6.07, 6.45) is 3.67. The Morgan fingerprint density at radius 2 is 1.94 bits per heavy atom. The van der Waals surface area contributed by atoms with E-state index in [0.717, 1.165) is 12.0 Å². The van der Waals surface area contributed by atoms with E-state index in [1.54, 1.807) is 20.8 Å². The number of amides is 2. The number of hydrogen-bond acceptors (Lipinski definition) is 7. The summed E-state index contributed by atoms with van der Waals surface area (Å²) in [7, 11) is 0. The Balaban J connectivity index is 1.69. The van der Waals surface area contributed by atoms with Gasteiger partial charge in [-0.3, -0.25) is 9.59 Å². The van der Waals surface area contributed by atoms with Crippen molar-refractivity contribution >= 4 is 23.9 Å². The van der Waals surface area contributed by atoms with Gasteiger partial charge in [-0.25, -0.2) is 19.1 Å². The second-order valence-electron chi connectivity index (χ2n) is 9.48. The van der Waals surface area contributed by atoms with Crippen molar-refractivity contribution in [3.8, 4) is 0 Å². The SMILES string of the molecule is CC(C)(C)OC(=O)N[C@@H](Cc1cn(C(=O)OCc2ccccc2)cn1)C(=O)C1CCCCC(=O)N1. The summed E-state index contributed by atoms with van der Waals surface area (Å²) in [4.78, 5) is 54.3. The highest BCUT2D eigenvalue weighted by atomic mass is 16.6. The number of benzene rings is 1. The first-order chi connectivity index (χ1) is 16.6. The molecule has 1 aromatic carbocycles. The number of ketones is 1. The standard InChI is InChI=1S/C25H32N4O6/c1-25(2,3)35-23(32)28-20(22(31)19-11-7-8-12-21(30)27-19)13-18-14-29(16-26-18)24(33)34-15-17-9-5-4-6-10-17/h4-6,9-10,14,16,19-20H,7-8,11-13,15H2,1-3H3,(H,27,30)(H,28,32)/t19?,20-/m0/s1. The molecule has 10 nitrogen and oxygen atoms in total. The van der Waals surface area contributed by atoms with E-state index in [2.05, 4.69) is 15.6 Å². The predicted octanol–water partition coefficient (Wildman–Crippen LogP) is 3.13. The number of nitrogens with zero attached hydrogens (tertiary/aromatic N) is 2. The molecule has 1 aliphatic rings. The van der Waals surface area contributed by atoms with E-state index in [4.69, 9.17) is 9.47 Å². The highest BCUT2D eigenvalue weighted by Crippen LogP contribution is 2.15. The minimum absolute atomic E-state index is 0.0173. The average Bonchev–Trinajstić information content (AvgIpc) is 3.15. The van der Waals surface area contributed by atoms with E-state index in [9.17, 15) is 19.2 Å². The van der Waals surface area contributed by atoms with Gasteiger partial charge in [-0.2, -0.15) is 0 Å². The second-order valence-corrected chi connectivity index (χ2v) is 9.48. The van der Waals surface area contributed by atoms with Gasteiger partial charge in [-0.05, 0) is 39.2 Å². The molecule has 1 aromatic heterocycles. The number of carbonyl (C=O) groups excluding carboxylic acids is 4. The van der Waals surface area contributed by atoms with Gasteiger partial charge in [-0.15, -0.1) is 0 Å². The smallest absolute Gasteiger partial charge is 0.419 e. The topological polar surface area (TPSA) is 129 Å². The lowest BCUT2D eigenvalue weighted by Gasteiger charge is -2.25. The molecule has 2 aromatic rings. The molecule has 35 heavy (non-hydrogen) atoms. The third-order valence-electron chi connectivity index (χ3n) is 5.32. The molecule has 1 aliphatic heterocycles. The van der Waals surface area contributed by atoms with Gasteiger partial charge in [0.05, 0.1) is 17.8 Å². The lowest BCUT2D eigenvalue weighted by molar-refractivity contribution is -0.128. The van der Waals surface area contributed by atoms with Crippen LogP contribution in [0.4, 0.5) is 9.59 Å². The number of alkyl carbamates (subject to hydrolysis) is 1. The first-order valence-corrected chi connectivity index (χ1v) is 11.7. The van der Waals surface area contributed by atoms with Crippen molar-refractivity contribution in [1.82, 2.24) is 20.2 Å². The maximum absolute atomic E-state index is 13.3. The van der Waals surface area contributed by atoms with Gasteiger partial charge in [0.15, 0.2) is 5.78 Å². The molecule has 0 saturated carbocycles. The van der Waals surface area contributed by atoms with Gasteiger partial charge in [0, 0.05) is 19.0 Å². The van der Waals surface area contributed by atoms with Crippen LogP contribution in [0.2, 0.25) is 0 Å². The molecule has 0 spiro atoms. The third kappa shape index (κ3) is 8.24. The van der Waals surface area contributed by atoms with Crippen LogP contribution in [-0.2, 0) is 32.1 Å². The summed E-state index contributed by atoms with van der Waals surface area (Å²) < 4.78 is 11.8. The summed E-state index contributed by atoms with van der Waals surface area (Å²) in [5, 5.41) is 5.35. The largest absolute Gasteiger partial charge is 0.444 e. The zero-order valence-electron chi connectivity index (χ0n) is 20.3. The minimum Gasteiger partial charge on any atom is -0.444 e. The summed E-state index contributed by atoms with van der Waals surface area (Å²) in [5.74, 6) is -0.533. The number of carbonyl (C=O) groups is 4. The van der Waals surface area contributed by atoms with Crippen LogP contribution in [0, 0.1) is 0 Å². The fourth-order valence-electron chi connectivity index (χ4n) is 3.67. The molecule has 3 rings (SSSR count). The van der Waals surface area contributed by atoms with Gasteiger partial charge >= 0.3 is 12.2 Å². The fraction of sp³-hybridized carbons (Fsp3) is 0.480. The van der Waals surface area contributed by atoms with E-state index in [1.165, 1.54) is 17.1 Å². The maximum Gasteiger partial charge on any atom is 0.419 e. The Hall–Kier alpha value is -3.69. The molecule has 0 radical (unpaired) electrons. The normalized spacial score (nSPS) is 17.0. The number of nitrogens with one attached hydrogen (secondary N) is 2. The maximum atomic E-state index is 13.3. The van der Waals surface area contributed by atoms with E-state index in [-0.39, 0.29) is 24.7 Å². The van der Waals surface area contributed by atoms with Crippen LogP contribution in [0.5, 0.6) is 0 Å². The van der Waals surface area contributed by atoms with Crippen LogP contribution in [0.1, 0.15) is 57.7 Å². The zero-order valence-corrected chi connectivity index (χ0v) is 20.3. The zero-order chi connectivity index (χ0) is 25.4. The van der Waals surface area contributed by atoms with Crippen LogP contribution >= 0.6 is 0 Å².